The first-order valence-electron chi connectivity index (χ1n) is 15.2. The molecule has 13 heteroatoms. The lowest BCUT2D eigenvalue weighted by Gasteiger charge is -2.56. The van der Waals surface area contributed by atoms with Crippen molar-refractivity contribution in [1.82, 2.24) is 0 Å². The van der Waals surface area contributed by atoms with Crippen molar-refractivity contribution in [3.8, 4) is 0 Å². The van der Waals surface area contributed by atoms with E-state index in [2.05, 4.69) is 0 Å². The average molecular weight is 637 g/mol. The molecular formula is C32H44O13. The Morgan fingerprint density at radius 1 is 1.09 bits per heavy atom. The number of aliphatic hydroxyl groups is 1. The number of esters is 5. The van der Waals surface area contributed by atoms with Crippen molar-refractivity contribution in [3.05, 3.63) is 23.8 Å². The number of methoxy groups -OCH3 is 1. The van der Waals surface area contributed by atoms with Crippen molar-refractivity contribution in [3.63, 3.8) is 0 Å². The molecule has 1 saturated carbocycles. The fourth-order valence-electron chi connectivity index (χ4n) is 7.12. The molecule has 2 aliphatic heterocycles. The Morgan fingerprint density at radius 2 is 1.76 bits per heavy atom. The molecule has 0 aromatic carbocycles. The second-order valence-electron chi connectivity index (χ2n) is 13.0. The van der Waals surface area contributed by atoms with Crippen LogP contribution in [0.3, 0.4) is 0 Å². The Hall–Kier alpha value is -3.29. The smallest absolute Gasteiger partial charge is 0.344 e. The number of fused-ring (bicyclic) bond motifs is 3. The summed E-state index contributed by atoms with van der Waals surface area (Å²) < 4.78 is 40.1. The Kier molecular flexibility index (Phi) is 10.2. The van der Waals surface area contributed by atoms with E-state index in [4.69, 9.17) is 33.2 Å². The highest BCUT2D eigenvalue weighted by Gasteiger charge is 2.74. The van der Waals surface area contributed by atoms with Gasteiger partial charge in [-0.2, -0.15) is 0 Å². The minimum Gasteiger partial charge on any atom is -0.462 e. The van der Waals surface area contributed by atoms with Crippen molar-refractivity contribution < 1.29 is 62.2 Å². The molecule has 2 heterocycles. The highest BCUT2D eigenvalue weighted by Crippen LogP contribution is 2.62. The maximum Gasteiger partial charge on any atom is 0.344 e. The van der Waals surface area contributed by atoms with Gasteiger partial charge in [-0.15, -0.1) is 0 Å². The predicted octanol–water partition coefficient (Wildman–Crippen LogP) is 1.97. The van der Waals surface area contributed by atoms with Gasteiger partial charge in [-0.25, -0.2) is 4.79 Å². The summed E-state index contributed by atoms with van der Waals surface area (Å²) in [5.41, 5.74) is -4.07. The maximum absolute atomic E-state index is 13.3. The summed E-state index contributed by atoms with van der Waals surface area (Å²) in [6.45, 7) is 8.86. The summed E-state index contributed by atoms with van der Waals surface area (Å²) in [5, 5.41) is 12.6. The van der Waals surface area contributed by atoms with E-state index in [9.17, 15) is 29.1 Å². The van der Waals surface area contributed by atoms with E-state index < -0.39 is 89.3 Å². The van der Waals surface area contributed by atoms with Crippen LogP contribution in [0.4, 0.5) is 0 Å². The van der Waals surface area contributed by atoms with Crippen molar-refractivity contribution in [2.75, 3.05) is 26.9 Å². The molecule has 0 bridgehead atoms. The Morgan fingerprint density at radius 3 is 2.33 bits per heavy atom. The molecule has 0 unspecified atom stereocenters. The third kappa shape index (κ3) is 6.80. The summed E-state index contributed by atoms with van der Waals surface area (Å²) in [5.74, 6) is -5.62. The Labute approximate surface area is 262 Å². The molecule has 250 valence electrons. The van der Waals surface area contributed by atoms with E-state index in [-0.39, 0.29) is 32.0 Å². The van der Waals surface area contributed by atoms with Crippen LogP contribution in [0.5, 0.6) is 0 Å². The lowest BCUT2D eigenvalue weighted by atomic mass is 9.53. The molecule has 0 radical (unpaired) electrons. The number of hydrogen-bond acceptors (Lipinski definition) is 13. The van der Waals surface area contributed by atoms with Crippen molar-refractivity contribution in [1.29, 1.82) is 0 Å². The van der Waals surface area contributed by atoms with Crippen molar-refractivity contribution in [2.24, 2.45) is 23.2 Å². The second kappa shape index (κ2) is 13.2. The summed E-state index contributed by atoms with van der Waals surface area (Å²) >= 11 is 0. The lowest BCUT2D eigenvalue weighted by molar-refractivity contribution is -0.237. The molecule has 0 aromatic rings. The molecule has 4 aliphatic rings. The Bertz CT molecular complexity index is 1250. The molecule has 4 rings (SSSR count). The summed E-state index contributed by atoms with van der Waals surface area (Å²) in [6.07, 6.45) is 0.624. The number of carbonyl (C=O) groups is 5. The van der Waals surface area contributed by atoms with E-state index in [1.807, 2.05) is 13.8 Å². The fraction of sp³-hybridized carbons (Fsp3) is 0.719. The van der Waals surface area contributed by atoms with Gasteiger partial charge in [0.25, 0.3) is 0 Å². The monoisotopic (exact) mass is 636 g/mol. The second-order valence-corrected chi connectivity index (χ2v) is 13.0. The number of hydrogen-bond donors (Lipinski definition) is 1. The van der Waals surface area contributed by atoms with Crippen LogP contribution in [0.15, 0.2) is 23.8 Å². The minimum absolute atomic E-state index is 0.0152. The molecule has 2 saturated heterocycles. The standard InChI is InChI=1S/C32H44O13/c1-17(2)12-25(35)40-15-26(36)44-22-9-8-21(14-39-7)13-24-32(38,18(3)29(37)45-24)28(43-20(5)34)27-30(22,6)23(42-19(4)33)10-11-31(27)16-41-31/h8-9,13,17-18,22-24,27-28,38H,10-12,14-16H2,1-7H3/t18-,22-,23-,24-,27+,28-,30-,31-,32-/m0/s1. The summed E-state index contributed by atoms with van der Waals surface area (Å²) in [6, 6.07) is 0. The first-order chi connectivity index (χ1) is 21.1. The van der Waals surface area contributed by atoms with Crippen LogP contribution >= 0.6 is 0 Å². The zero-order chi connectivity index (χ0) is 33.3. The SMILES string of the molecule is COCC1=C[C@@H]2OC(=O)[C@H](C)[C@@]2(O)[C@@H](OC(C)=O)[C@H]2[C@]3(CC[C@H](OC(C)=O)[C@]2(C)[C@@H](OC(=O)COC(=O)CC(C)C)C=C1)CO3. The van der Waals surface area contributed by atoms with Gasteiger partial charge in [0, 0.05) is 33.3 Å². The predicted molar refractivity (Wildman–Crippen MR) is 154 cm³/mol. The van der Waals surface area contributed by atoms with Crippen molar-refractivity contribution >= 4 is 29.8 Å². The van der Waals surface area contributed by atoms with Crippen molar-refractivity contribution in [2.45, 2.75) is 96.4 Å². The van der Waals surface area contributed by atoms with Crippen LogP contribution in [0, 0.1) is 23.2 Å². The van der Waals surface area contributed by atoms with Crippen LogP contribution in [-0.4, -0.2) is 97.5 Å². The quantitative estimate of drug-likeness (QED) is 0.221. The van der Waals surface area contributed by atoms with E-state index >= 15 is 0 Å². The van der Waals surface area contributed by atoms with Gasteiger partial charge < -0.3 is 38.3 Å². The molecule has 1 spiro atoms. The molecular weight excluding hydrogens is 592 g/mol. The van der Waals surface area contributed by atoms with Gasteiger partial charge in [0.15, 0.2) is 18.3 Å². The molecule has 13 nitrogen and oxygen atoms in total. The van der Waals surface area contributed by atoms with Crippen LogP contribution in [0.2, 0.25) is 0 Å². The van der Waals surface area contributed by atoms with Gasteiger partial charge in [0.1, 0.15) is 18.3 Å². The van der Waals surface area contributed by atoms with E-state index in [1.165, 1.54) is 34.0 Å². The molecule has 3 fully saturated rings. The number of carbonyl (C=O) groups excluding carboxylic acids is 5. The van der Waals surface area contributed by atoms with E-state index in [1.54, 1.807) is 19.1 Å². The topological polar surface area (TPSA) is 173 Å². The molecule has 9 atom stereocenters. The number of epoxide rings is 1. The van der Waals surface area contributed by atoms with E-state index in [0.717, 1.165) is 0 Å². The zero-order valence-electron chi connectivity index (χ0n) is 26.9. The van der Waals surface area contributed by atoms with Gasteiger partial charge in [0.05, 0.1) is 30.1 Å². The highest BCUT2D eigenvalue weighted by atomic mass is 16.6. The molecule has 2 aliphatic carbocycles. The Balaban J connectivity index is 1.91. The van der Waals surface area contributed by atoms with Gasteiger partial charge in [-0.1, -0.05) is 26.8 Å². The van der Waals surface area contributed by atoms with Gasteiger partial charge in [0.2, 0.25) is 0 Å². The van der Waals surface area contributed by atoms with Crippen LogP contribution < -0.4 is 0 Å². The van der Waals surface area contributed by atoms with Crippen LogP contribution in [0.25, 0.3) is 0 Å². The normalized spacial score (nSPS) is 37.1. The first-order valence-corrected chi connectivity index (χ1v) is 15.2. The van der Waals surface area contributed by atoms with Gasteiger partial charge >= 0.3 is 29.8 Å². The van der Waals surface area contributed by atoms with Crippen LogP contribution in [-0.2, 0) is 57.1 Å². The van der Waals surface area contributed by atoms with Crippen LogP contribution in [0.1, 0.15) is 60.8 Å². The summed E-state index contributed by atoms with van der Waals surface area (Å²) in [4.78, 5) is 63.7. The molecule has 45 heavy (non-hydrogen) atoms. The third-order valence-corrected chi connectivity index (χ3v) is 9.34. The third-order valence-electron chi connectivity index (χ3n) is 9.34. The number of rotatable bonds is 9. The van der Waals surface area contributed by atoms with Gasteiger partial charge in [-0.3, -0.25) is 19.2 Å². The van der Waals surface area contributed by atoms with Gasteiger partial charge in [-0.05, 0) is 43.4 Å². The molecule has 1 N–H and O–H groups in total. The fourth-order valence-corrected chi connectivity index (χ4v) is 7.12. The lowest BCUT2D eigenvalue weighted by Crippen LogP contribution is -2.69. The average Bonchev–Trinajstić information content (AvgIpc) is 3.68. The minimum atomic E-state index is -2.11. The molecule has 0 amide bonds. The zero-order valence-corrected chi connectivity index (χ0v) is 26.9. The maximum atomic E-state index is 13.3. The number of ether oxygens (including phenoxy) is 7. The first kappa shape index (κ1) is 34.6. The molecule has 0 aromatic heterocycles. The largest absolute Gasteiger partial charge is 0.462 e. The summed E-state index contributed by atoms with van der Waals surface area (Å²) in [7, 11) is 1.46. The highest BCUT2D eigenvalue weighted by molar-refractivity contribution is 5.78. The van der Waals surface area contributed by atoms with E-state index in [0.29, 0.717) is 12.0 Å².